The van der Waals surface area contributed by atoms with Crippen molar-refractivity contribution in [1.82, 2.24) is 0 Å². The Balaban J connectivity index is 0.000000810. The van der Waals surface area contributed by atoms with Crippen LogP contribution in [0.1, 0.15) is 51.9 Å². The fourth-order valence-electron chi connectivity index (χ4n) is 1.88. The standard InChI is InChI=1S/C9H18.BrH/c1-2-6-9-7-4-3-5-8-9;/h9H,2-8H2,1H3;1H. The van der Waals surface area contributed by atoms with Gasteiger partial charge in [-0.15, -0.1) is 17.0 Å². The van der Waals surface area contributed by atoms with Gasteiger partial charge >= 0.3 is 0 Å². The van der Waals surface area contributed by atoms with Crippen molar-refractivity contribution >= 4 is 17.0 Å². The van der Waals surface area contributed by atoms with Crippen LogP contribution in [0, 0.1) is 5.92 Å². The molecule has 10 heavy (non-hydrogen) atoms. The summed E-state index contributed by atoms with van der Waals surface area (Å²) in [6.07, 6.45) is 10.4. The topological polar surface area (TPSA) is 0 Å². The lowest BCUT2D eigenvalue weighted by atomic mass is 9.86. The average Bonchev–Trinajstić information content (AvgIpc) is 1.91. The Hall–Kier alpha value is 0.480. The van der Waals surface area contributed by atoms with E-state index in [2.05, 4.69) is 6.92 Å². The molecule has 62 valence electrons. The van der Waals surface area contributed by atoms with Crippen LogP contribution in [0.2, 0.25) is 0 Å². The van der Waals surface area contributed by atoms with Crippen LogP contribution in [0.15, 0.2) is 0 Å². The summed E-state index contributed by atoms with van der Waals surface area (Å²) in [5.74, 6) is 1.10. The predicted octanol–water partition coefficient (Wildman–Crippen LogP) is 3.94. The zero-order valence-corrected chi connectivity index (χ0v) is 8.65. The van der Waals surface area contributed by atoms with Crippen LogP contribution in [0.5, 0.6) is 0 Å². The minimum Gasteiger partial charge on any atom is -0.114 e. The molecule has 1 saturated carbocycles. The van der Waals surface area contributed by atoms with Crippen molar-refractivity contribution in [1.29, 1.82) is 0 Å². The van der Waals surface area contributed by atoms with Gasteiger partial charge < -0.3 is 0 Å². The molecule has 0 aromatic rings. The van der Waals surface area contributed by atoms with Crippen LogP contribution in [0.25, 0.3) is 0 Å². The molecule has 0 aliphatic heterocycles. The summed E-state index contributed by atoms with van der Waals surface area (Å²) < 4.78 is 0. The fourth-order valence-corrected chi connectivity index (χ4v) is 1.88. The molecule has 0 N–H and O–H groups in total. The Morgan fingerprint density at radius 1 is 1.10 bits per heavy atom. The quantitative estimate of drug-likeness (QED) is 0.643. The summed E-state index contributed by atoms with van der Waals surface area (Å²) >= 11 is 0. The molecule has 0 aromatic heterocycles. The summed E-state index contributed by atoms with van der Waals surface area (Å²) in [4.78, 5) is 0. The smallest absolute Gasteiger partial charge is 0.0414 e. The summed E-state index contributed by atoms with van der Waals surface area (Å²) in [7, 11) is 0. The van der Waals surface area contributed by atoms with Crippen LogP contribution >= 0.6 is 17.0 Å². The summed E-state index contributed by atoms with van der Waals surface area (Å²) in [6, 6.07) is 0. The van der Waals surface area contributed by atoms with E-state index in [1.807, 2.05) is 0 Å². The van der Waals surface area contributed by atoms with E-state index in [4.69, 9.17) is 0 Å². The van der Waals surface area contributed by atoms with Crippen molar-refractivity contribution < 1.29 is 0 Å². The maximum absolute atomic E-state index is 2.30. The van der Waals surface area contributed by atoms with Gasteiger partial charge in [0.25, 0.3) is 0 Å². The molecule has 0 saturated heterocycles. The fraction of sp³-hybridized carbons (Fsp3) is 1.00. The van der Waals surface area contributed by atoms with Gasteiger partial charge in [0.15, 0.2) is 0 Å². The third kappa shape index (κ3) is 3.60. The van der Waals surface area contributed by atoms with Crippen LogP contribution < -0.4 is 0 Å². The van der Waals surface area contributed by atoms with E-state index < -0.39 is 0 Å². The molecule has 0 amide bonds. The maximum Gasteiger partial charge on any atom is -0.0414 e. The second-order valence-corrected chi connectivity index (χ2v) is 3.29. The van der Waals surface area contributed by atoms with Crippen LogP contribution in [0.3, 0.4) is 0 Å². The van der Waals surface area contributed by atoms with Gasteiger partial charge in [-0.05, 0) is 5.92 Å². The second kappa shape index (κ2) is 6.21. The zero-order valence-electron chi connectivity index (χ0n) is 6.94. The van der Waals surface area contributed by atoms with E-state index >= 15 is 0 Å². The minimum atomic E-state index is 0. The molecule has 0 heterocycles. The highest BCUT2D eigenvalue weighted by Gasteiger charge is 2.10. The molecule has 0 radical (unpaired) electrons. The third-order valence-electron chi connectivity index (χ3n) is 2.42. The number of halogens is 1. The summed E-state index contributed by atoms with van der Waals surface area (Å²) in [5.41, 5.74) is 0. The van der Waals surface area contributed by atoms with E-state index in [9.17, 15) is 0 Å². The van der Waals surface area contributed by atoms with Crippen LogP contribution in [0.4, 0.5) is 0 Å². The van der Waals surface area contributed by atoms with Crippen molar-refractivity contribution in [3.05, 3.63) is 0 Å². The van der Waals surface area contributed by atoms with E-state index in [0.29, 0.717) is 0 Å². The highest BCUT2D eigenvalue weighted by Crippen LogP contribution is 2.26. The Kier molecular flexibility index (Phi) is 6.50. The largest absolute Gasteiger partial charge is 0.114 e. The molecule has 1 aliphatic rings. The molecule has 0 unspecified atom stereocenters. The van der Waals surface area contributed by atoms with Crippen LogP contribution in [-0.4, -0.2) is 0 Å². The molecule has 0 bridgehead atoms. The zero-order chi connectivity index (χ0) is 6.53. The van der Waals surface area contributed by atoms with Crippen LogP contribution in [-0.2, 0) is 0 Å². The lowest BCUT2D eigenvalue weighted by Crippen LogP contribution is -2.04. The normalized spacial score (nSPS) is 20.1. The number of hydrogen-bond acceptors (Lipinski definition) is 0. The van der Waals surface area contributed by atoms with Gasteiger partial charge in [-0.1, -0.05) is 51.9 Å². The SMILES string of the molecule is Br.CCCC1CCCCC1. The maximum atomic E-state index is 2.30. The van der Waals surface area contributed by atoms with E-state index in [-0.39, 0.29) is 17.0 Å². The third-order valence-corrected chi connectivity index (χ3v) is 2.42. The first-order valence-electron chi connectivity index (χ1n) is 4.43. The Labute approximate surface area is 75.2 Å². The van der Waals surface area contributed by atoms with Crippen molar-refractivity contribution in [3.63, 3.8) is 0 Å². The van der Waals surface area contributed by atoms with Gasteiger partial charge in [-0.3, -0.25) is 0 Å². The lowest BCUT2D eigenvalue weighted by molar-refractivity contribution is 0.336. The first-order valence-corrected chi connectivity index (χ1v) is 4.43. The molecule has 1 fully saturated rings. The molecular formula is C9H19Br. The molecule has 1 rings (SSSR count). The van der Waals surface area contributed by atoms with Gasteiger partial charge in [0.2, 0.25) is 0 Å². The minimum absolute atomic E-state index is 0. The van der Waals surface area contributed by atoms with Crippen molar-refractivity contribution in [2.24, 2.45) is 5.92 Å². The van der Waals surface area contributed by atoms with Gasteiger partial charge in [-0.2, -0.15) is 0 Å². The second-order valence-electron chi connectivity index (χ2n) is 3.29. The van der Waals surface area contributed by atoms with E-state index in [1.165, 1.54) is 44.9 Å². The van der Waals surface area contributed by atoms with Crippen molar-refractivity contribution in [2.75, 3.05) is 0 Å². The highest BCUT2D eigenvalue weighted by molar-refractivity contribution is 8.93. The lowest BCUT2D eigenvalue weighted by Gasteiger charge is -2.20. The number of hydrogen-bond donors (Lipinski definition) is 0. The van der Waals surface area contributed by atoms with Gasteiger partial charge in [0, 0.05) is 0 Å². The molecule has 1 heteroatoms. The first-order chi connectivity index (χ1) is 4.43. The predicted molar refractivity (Wildman–Crippen MR) is 51.8 cm³/mol. The van der Waals surface area contributed by atoms with Crippen molar-refractivity contribution in [3.8, 4) is 0 Å². The van der Waals surface area contributed by atoms with Gasteiger partial charge in [0.1, 0.15) is 0 Å². The molecule has 0 aromatic carbocycles. The molecule has 0 spiro atoms. The Morgan fingerprint density at radius 3 is 2.20 bits per heavy atom. The molecule has 0 atom stereocenters. The summed E-state index contributed by atoms with van der Waals surface area (Å²) in [6.45, 7) is 2.30. The van der Waals surface area contributed by atoms with Crippen molar-refractivity contribution in [2.45, 2.75) is 51.9 Å². The Morgan fingerprint density at radius 2 is 1.70 bits per heavy atom. The van der Waals surface area contributed by atoms with Gasteiger partial charge in [0.05, 0.1) is 0 Å². The van der Waals surface area contributed by atoms with Gasteiger partial charge in [-0.25, -0.2) is 0 Å². The molecular weight excluding hydrogens is 188 g/mol. The first kappa shape index (κ1) is 10.5. The van der Waals surface area contributed by atoms with E-state index in [0.717, 1.165) is 5.92 Å². The monoisotopic (exact) mass is 206 g/mol. The van der Waals surface area contributed by atoms with E-state index in [1.54, 1.807) is 0 Å². The number of rotatable bonds is 2. The molecule has 0 nitrogen and oxygen atoms in total. The highest BCUT2D eigenvalue weighted by atomic mass is 79.9. The average molecular weight is 207 g/mol. The summed E-state index contributed by atoms with van der Waals surface area (Å²) in [5, 5.41) is 0. The molecule has 1 aliphatic carbocycles. The Bertz CT molecular complexity index is 62.4.